The minimum atomic E-state index is 0.203. The number of para-hydroxylation sites is 1. The van der Waals surface area contributed by atoms with Gasteiger partial charge in [0.15, 0.2) is 0 Å². The number of hydrogen-bond donors (Lipinski definition) is 4. The number of phenolic OH excluding ortho intramolecular Hbond substituents is 1. The average molecular weight is 269 g/mol. The Morgan fingerprint density at radius 3 is 2.75 bits per heavy atom. The van der Waals surface area contributed by atoms with E-state index >= 15 is 0 Å². The molecule has 0 saturated heterocycles. The number of rotatable bonds is 2. The number of nitrogens with one attached hydrogen (secondary N) is 2. The van der Waals surface area contributed by atoms with Crippen molar-refractivity contribution in [1.82, 2.24) is 20.4 Å². The number of hydrazine groups is 1. The summed E-state index contributed by atoms with van der Waals surface area (Å²) in [6.07, 6.45) is 5.46. The Labute approximate surface area is 116 Å². The first-order valence-electron chi connectivity index (χ1n) is 6.15. The van der Waals surface area contributed by atoms with E-state index in [9.17, 15) is 5.11 Å². The predicted octanol–water partition coefficient (Wildman–Crippen LogP) is 0.902. The first-order valence-corrected chi connectivity index (χ1v) is 6.15. The summed E-state index contributed by atoms with van der Waals surface area (Å²) in [7, 11) is 1.90. The summed E-state index contributed by atoms with van der Waals surface area (Å²) >= 11 is 0. The van der Waals surface area contributed by atoms with Gasteiger partial charge in [-0.15, -0.1) is 0 Å². The van der Waals surface area contributed by atoms with Gasteiger partial charge >= 0.3 is 0 Å². The largest absolute Gasteiger partial charge is 0.507 e. The Kier molecular flexibility index (Phi) is 2.83. The molecule has 0 radical (unpaired) electrons. The van der Waals surface area contributed by atoms with Gasteiger partial charge in [0.2, 0.25) is 0 Å². The van der Waals surface area contributed by atoms with Gasteiger partial charge in [-0.2, -0.15) is 0 Å². The molecule has 5 N–H and O–H groups in total. The number of hydrogen-bond acceptors (Lipinski definition) is 5. The fourth-order valence-electron chi connectivity index (χ4n) is 2.07. The molecule has 6 nitrogen and oxygen atoms in total. The maximum Gasteiger partial charge on any atom is 0.125 e. The number of benzene rings is 1. The quantitative estimate of drug-likeness (QED) is 0.650. The summed E-state index contributed by atoms with van der Waals surface area (Å²) in [4.78, 5) is 4.29. The molecule has 102 valence electrons. The van der Waals surface area contributed by atoms with Crippen LogP contribution >= 0.6 is 0 Å². The van der Waals surface area contributed by atoms with Crippen molar-refractivity contribution >= 4 is 11.3 Å². The highest BCUT2D eigenvalue weighted by atomic mass is 16.3. The van der Waals surface area contributed by atoms with Crippen molar-refractivity contribution in [3.8, 4) is 5.75 Å². The molecule has 0 aliphatic carbocycles. The SMILES string of the molecule is Cn1cnc(C2=C(N)NNC(c3ccccc3O)=C2)c1. The second kappa shape index (κ2) is 4.65. The van der Waals surface area contributed by atoms with Crippen molar-refractivity contribution in [1.29, 1.82) is 0 Å². The highest BCUT2D eigenvalue weighted by Gasteiger charge is 2.16. The maximum absolute atomic E-state index is 9.91. The van der Waals surface area contributed by atoms with Gasteiger partial charge in [-0.05, 0) is 18.2 Å². The number of aromatic nitrogens is 2. The molecule has 1 aromatic carbocycles. The lowest BCUT2D eigenvalue weighted by Crippen LogP contribution is -2.36. The van der Waals surface area contributed by atoms with E-state index in [4.69, 9.17) is 5.73 Å². The van der Waals surface area contributed by atoms with Gasteiger partial charge in [0.1, 0.15) is 11.6 Å². The van der Waals surface area contributed by atoms with Crippen LogP contribution in [-0.4, -0.2) is 14.7 Å². The van der Waals surface area contributed by atoms with E-state index in [1.165, 1.54) is 0 Å². The molecule has 2 heterocycles. The third kappa shape index (κ3) is 2.07. The molecular weight excluding hydrogens is 254 g/mol. The van der Waals surface area contributed by atoms with Crippen molar-refractivity contribution < 1.29 is 5.11 Å². The molecule has 0 saturated carbocycles. The van der Waals surface area contributed by atoms with Gasteiger partial charge in [-0.1, -0.05) is 12.1 Å². The van der Waals surface area contributed by atoms with Gasteiger partial charge < -0.3 is 15.4 Å². The molecule has 20 heavy (non-hydrogen) atoms. The molecule has 0 fully saturated rings. The fourth-order valence-corrected chi connectivity index (χ4v) is 2.07. The second-order valence-electron chi connectivity index (χ2n) is 4.58. The molecule has 3 rings (SSSR count). The van der Waals surface area contributed by atoms with E-state index in [0.29, 0.717) is 11.4 Å². The first kappa shape index (κ1) is 12.2. The number of allylic oxidation sites excluding steroid dienone is 2. The Balaban J connectivity index is 2.05. The lowest BCUT2D eigenvalue weighted by Gasteiger charge is -2.21. The zero-order chi connectivity index (χ0) is 14.1. The van der Waals surface area contributed by atoms with E-state index in [0.717, 1.165) is 17.0 Å². The highest BCUT2D eigenvalue weighted by Crippen LogP contribution is 2.28. The van der Waals surface area contributed by atoms with E-state index in [1.54, 1.807) is 18.5 Å². The van der Waals surface area contributed by atoms with Crippen molar-refractivity contribution in [2.75, 3.05) is 0 Å². The summed E-state index contributed by atoms with van der Waals surface area (Å²) in [5, 5.41) is 9.91. The molecule has 6 heteroatoms. The van der Waals surface area contributed by atoms with E-state index < -0.39 is 0 Å². The van der Waals surface area contributed by atoms with Crippen LogP contribution in [0.25, 0.3) is 11.3 Å². The zero-order valence-electron chi connectivity index (χ0n) is 11.0. The average Bonchev–Trinajstić information content (AvgIpc) is 2.87. The van der Waals surface area contributed by atoms with Crippen molar-refractivity contribution in [2.24, 2.45) is 12.8 Å². The Morgan fingerprint density at radius 1 is 1.25 bits per heavy atom. The summed E-state index contributed by atoms with van der Waals surface area (Å²) in [6.45, 7) is 0. The van der Waals surface area contributed by atoms with Crippen molar-refractivity contribution in [2.45, 2.75) is 0 Å². The van der Waals surface area contributed by atoms with Crippen LogP contribution < -0.4 is 16.6 Å². The summed E-state index contributed by atoms with van der Waals surface area (Å²) in [6, 6.07) is 7.10. The normalized spacial score (nSPS) is 14.6. The topological polar surface area (TPSA) is 88.1 Å². The lowest BCUT2D eigenvalue weighted by atomic mass is 10.1. The smallest absolute Gasteiger partial charge is 0.125 e. The Hall–Kier alpha value is -2.89. The number of imidazole rings is 1. The summed E-state index contributed by atoms with van der Waals surface area (Å²) < 4.78 is 1.85. The predicted molar refractivity (Wildman–Crippen MR) is 76.7 cm³/mol. The van der Waals surface area contributed by atoms with Crippen molar-refractivity contribution in [3.63, 3.8) is 0 Å². The number of aryl methyl sites for hydroxylation is 1. The van der Waals surface area contributed by atoms with Crippen LogP contribution in [0.5, 0.6) is 5.75 Å². The molecule has 0 amide bonds. The van der Waals surface area contributed by atoms with Crippen LogP contribution in [0, 0.1) is 0 Å². The molecule has 0 unspecified atom stereocenters. The number of aromatic hydroxyl groups is 1. The van der Waals surface area contributed by atoms with Gasteiger partial charge in [-0.3, -0.25) is 10.9 Å². The monoisotopic (exact) mass is 269 g/mol. The van der Waals surface area contributed by atoms with Gasteiger partial charge in [-0.25, -0.2) is 4.98 Å². The van der Waals surface area contributed by atoms with Gasteiger partial charge in [0.05, 0.1) is 17.7 Å². The van der Waals surface area contributed by atoms with Crippen LogP contribution in [0.2, 0.25) is 0 Å². The van der Waals surface area contributed by atoms with Crippen LogP contribution in [0.3, 0.4) is 0 Å². The Morgan fingerprint density at radius 2 is 2.05 bits per heavy atom. The van der Waals surface area contributed by atoms with Crippen LogP contribution in [0.15, 0.2) is 48.7 Å². The summed E-state index contributed by atoms with van der Waals surface area (Å²) in [5.74, 6) is 0.691. The minimum Gasteiger partial charge on any atom is -0.507 e. The van der Waals surface area contributed by atoms with E-state index in [1.807, 2.05) is 36.0 Å². The minimum absolute atomic E-state index is 0.203. The third-order valence-corrected chi connectivity index (χ3v) is 3.09. The molecule has 1 aliphatic rings. The third-order valence-electron chi connectivity index (χ3n) is 3.09. The van der Waals surface area contributed by atoms with Crippen LogP contribution in [0.1, 0.15) is 11.3 Å². The van der Waals surface area contributed by atoms with Gasteiger partial charge in [0.25, 0.3) is 0 Å². The fraction of sp³-hybridized carbons (Fsp3) is 0.0714. The van der Waals surface area contributed by atoms with Crippen molar-refractivity contribution in [3.05, 3.63) is 59.9 Å². The highest BCUT2D eigenvalue weighted by molar-refractivity contribution is 5.85. The lowest BCUT2D eigenvalue weighted by molar-refractivity contribution is 0.472. The molecule has 0 atom stereocenters. The molecule has 1 aliphatic heterocycles. The zero-order valence-corrected chi connectivity index (χ0v) is 11.0. The molecule has 0 spiro atoms. The number of phenols is 1. The molecular formula is C14H15N5O. The number of nitrogens with zero attached hydrogens (tertiary/aromatic N) is 2. The number of nitrogens with two attached hydrogens (primary N) is 1. The van der Waals surface area contributed by atoms with Crippen LogP contribution in [-0.2, 0) is 7.05 Å². The van der Waals surface area contributed by atoms with E-state index in [2.05, 4.69) is 15.8 Å². The second-order valence-corrected chi connectivity index (χ2v) is 4.58. The molecule has 2 aromatic rings. The van der Waals surface area contributed by atoms with E-state index in [-0.39, 0.29) is 5.75 Å². The molecule has 1 aromatic heterocycles. The summed E-state index contributed by atoms with van der Waals surface area (Å²) in [5.41, 5.74) is 14.8. The first-order chi connectivity index (χ1) is 9.65. The maximum atomic E-state index is 9.91. The Bertz CT molecular complexity index is 714. The molecule has 0 bridgehead atoms. The standard InChI is InChI=1S/C14H15N5O/c1-19-7-12(16-8-19)10-6-11(17-18-14(10)15)9-4-2-3-5-13(9)20/h2-8,17-18,20H,15H2,1H3. The van der Waals surface area contributed by atoms with Crippen LogP contribution in [0.4, 0.5) is 0 Å². The van der Waals surface area contributed by atoms with Gasteiger partial charge in [0, 0.05) is 24.4 Å².